The third-order valence-electron chi connectivity index (χ3n) is 4.51. The molecule has 0 bridgehead atoms. The summed E-state index contributed by atoms with van der Waals surface area (Å²) >= 11 is 0. The minimum atomic E-state index is -2.41. The smallest absolute Gasteiger partial charge is 0.0478 e. The average molecular weight is 267 g/mol. The molecule has 0 aromatic heterocycles. The van der Waals surface area contributed by atoms with Crippen LogP contribution < -0.4 is 0 Å². The van der Waals surface area contributed by atoms with Gasteiger partial charge in [-0.3, -0.25) is 4.21 Å². The van der Waals surface area contributed by atoms with E-state index in [-0.39, 0.29) is 11.0 Å². The van der Waals surface area contributed by atoms with Crippen molar-refractivity contribution < 1.29 is 4.21 Å². The molecule has 1 unspecified atom stereocenters. The van der Waals surface area contributed by atoms with E-state index in [1.54, 1.807) is 0 Å². The van der Waals surface area contributed by atoms with Gasteiger partial charge in [-0.15, -0.1) is 0 Å². The van der Waals surface area contributed by atoms with Crippen LogP contribution in [0.3, 0.4) is 0 Å². The zero-order chi connectivity index (χ0) is 13.8. The minimum absolute atomic E-state index is 0.0577. The highest BCUT2D eigenvalue weighted by molar-refractivity contribution is 8.00. The van der Waals surface area contributed by atoms with Crippen LogP contribution in [0.4, 0.5) is 0 Å². The average Bonchev–Trinajstić information content (AvgIpc) is 2.93. The van der Waals surface area contributed by atoms with Gasteiger partial charge in [-0.05, 0) is 41.5 Å². The molecule has 1 aliphatic heterocycles. The topological polar surface area (TPSA) is 20.1 Å². The third-order valence-corrected chi connectivity index (χ3v) is 7.27. The summed E-state index contributed by atoms with van der Waals surface area (Å²) < 4.78 is 15.3. The molecule has 1 aromatic rings. The van der Waals surface area contributed by atoms with E-state index < -0.39 is 10.1 Å². The largest absolute Gasteiger partial charge is 0.267 e. The Morgan fingerprint density at radius 3 is 2.11 bits per heavy atom. The van der Waals surface area contributed by atoms with Crippen LogP contribution in [-0.4, -0.2) is 26.9 Å². The third kappa shape index (κ3) is 2.04. The van der Waals surface area contributed by atoms with E-state index in [2.05, 4.69) is 38.9 Å². The second-order valence-electron chi connectivity index (χ2n) is 6.80. The van der Waals surface area contributed by atoms with Gasteiger partial charge < -0.3 is 0 Å². The molecule has 0 saturated carbocycles. The molecule has 0 spiro atoms. The van der Waals surface area contributed by atoms with Crippen molar-refractivity contribution >= 4 is 10.1 Å². The van der Waals surface area contributed by atoms with Crippen molar-refractivity contribution in [3.8, 4) is 0 Å². The Morgan fingerprint density at radius 2 is 1.72 bits per heavy atom. The first kappa shape index (κ1) is 13.8. The monoisotopic (exact) mass is 267 g/mol. The van der Waals surface area contributed by atoms with E-state index in [4.69, 9.17) is 0 Å². The van der Waals surface area contributed by atoms with E-state index in [9.17, 15) is 4.21 Å². The molecule has 0 aliphatic carbocycles. The molecular weight excluding hydrogens is 242 g/mol. The summed E-state index contributed by atoms with van der Waals surface area (Å²) in [5, 5.41) is 0. The van der Waals surface area contributed by atoms with Gasteiger partial charge in [0.25, 0.3) is 0 Å². The normalized spacial score (nSPS) is 29.1. The second-order valence-corrected chi connectivity index (χ2v) is 9.55. The number of hydrogen-bond donors (Lipinski definition) is 1. The molecule has 1 aliphatic rings. The summed E-state index contributed by atoms with van der Waals surface area (Å²) in [6.07, 6.45) is 1.90. The van der Waals surface area contributed by atoms with Crippen molar-refractivity contribution in [1.82, 2.24) is 4.31 Å². The highest BCUT2D eigenvalue weighted by Crippen LogP contribution is 2.51. The summed E-state index contributed by atoms with van der Waals surface area (Å²) in [6, 6.07) is 8.11. The van der Waals surface area contributed by atoms with Gasteiger partial charge in [0.1, 0.15) is 0 Å². The van der Waals surface area contributed by atoms with Crippen LogP contribution in [0.1, 0.15) is 33.3 Å². The summed E-state index contributed by atoms with van der Waals surface area (Å²) in [6.45, 7) is 11.9. The molecule has 102 valence electrons. The van der Waals surface area contributed by atoms with Crippen molar-refractivity contribution in [2.24, 2.45) is 5.41 Å². The number of rotatable bonds is 2. The predicted molar refractivity (Wildman–Crippen MR) is 79.5 cm³/mol. The van der Waals surface area contributed by atoms with E-state index in [1.807, 2.05) is 30.5 Å². The Hall–Kier alpha value is -0.670. The van der Waals surface area contributed by atoms with Crippen molar-refractivity contribution in [2.45, 2.75) is 45.1 Å². The van der Waals surface area contributed by atoms with Gasteiger partial charge in [0, 0.05) is 23.2 Å². The van der Waals surface area contributed by atoms with Crippen LogP contribution in [0.2, 0.25) is 0 Å². The highest BCUT2D eigenvalue weighted by Gasteiger charge is 2.59. The van der Waals surface area contributed by atoms with Gasteiger partial charge in [0.2, 0.25) is 0 Å². The summed E-state index contributed by atoms with van der Waals surface area (Å²) in [5.41, 5.74) is 1.43. The number of aryl methyl sites for hydroxylation is 1. The Bertz CT molecular complexity index is 500. The fraction of sp³-hybridized carbons (Fsp3) is 0.600. The number of hydrogen-bond acceptors (Lipinski definition) is 1. The van der Waals surface area contributed by atoms with E-state index >= 15 is 0 Å². The van der Waals surface area contributed by atoms with Crippen LogP contribution in [0.5, 0.6) is 0 Å². The van der Waals surface area contributed by atoms with Crippen molar-refractivity contribution in [3.63, 3.8) is 0 Å². The highest BCUT2D eigenvalue weighted by atomic mass is 32.3. The van der Waals surface area contributed by atoms with Crippen molar-refractivity contribution in [1.29, 1.82) is 0 Å². The second kappa shape index (κ2) is 3.91. The maximum absolute atomic E-state index is 13.1. The standard InChI is InChI=1S/C15H25NOS/c1-12-7-9-13(10-8-12)18(6,17)16-11-15(16,5)14(2,3)4/h7-10,18H,11H2,1-6H3/t15-,16?/m0/s1. The molecule has 2 nitrogen and oxygen atoms in total. The van der Waals surface area contributed by atoms with Gasteiger partial charge in [-0.2, -0.15) is 0 Å². The Balaban J connectivity index is 2.30. The maximum Gasteiger partial charge on any atom is 0.0478 e. The summed E-state index contributed by atoms with van der Waals surface area (Å²) in [5.74, 6) is 0. The fourth-order valence-electron chi connectivity index (χ4n) is 2.40. The van der Waals surface area contributed by atoms with Gasteiger partial charge >= 0.3 is 0 Å². The Morgan fingerprint density at radius 1 is 1.22 bits per heavy atom. The maximum atomic E-state index is 13.1. The van der Waals surface area contributed by atoms with Crippen LogP contribution in [0, 0.1) is 12.3 Å². The zero-order valence-corrected chi connectivity index (χ0v) is 13.2. The van der Waals surface area contributed by atoms with Gasteiger partial charge in [-0.25, -0.2) is 4.31 Å². The summed E-state index contributed by atoms with van der Waals surface area (Å²) in [7, 11) is -2.41. The fourth-order valence-corrected chi connectivity index (χ4v) is 5.07. The molecule has 0 N–H and O–H groups in total. The number of nitrogens with zero attached hydrogens (tertiary/aromatic N) is 1. The lowest BCUT2D eigenvalue weighted by Gasteiger charge is -2.32. The quantitative estimate of drug-likeness (QED) is 0.645. The van der Waals surface area contributed by atoms with Gasteiger partial charge in [-0.1, -0.05) is 38.5 Å². The molecule has 18 heavy (non-hydrogen) atoms. The molecule has 1 fully saturated rings. The number of thiol groups is 1. The van der Waals surface area contributed by atoms with Crippen molar-refractivity contribution in [2.75, 3.05) is 12.8 Å². The lowest BCUT2D eigenvalue weighted by Crippen LogP contribution is -2.35. The molecule has 3 heteroatoms. The molecule has 0 amide bonds. The SMILES string of the molecule is Cc1ccc([SH](C)(=O)N2C[C@@]2(C)C(C)(C)C)cc1. The van der Waals surface area contributed by atoms with Gasteiger partial charge in [0.15, 0.2) is 0 Å². The minimum Gasteiger partial charge on any atom is -0.267 e. The molecule has 1 saturated heterocycles. The Kier molecular flexibility index (Phi) is 2.99. The zero-order valence-electron chi connectivity index (χ0n) is 12.3. The van der Waals surface area contributed by atoms with Gasteiger partial charge in [0.05, 0.1) is 0 Å². The molecule has 2 rings (SSSR count). The summed E-state index contributed by atoms with van der Waals surface area (Å²) in [4.78, 5) is 0.973. The van der Waals surface area contributed by atoms with Crippen LogP contribution in [0.15, 0.2) is 29.2 Å². The van der Waals surface area contributed by atoms with Crippen molar-refractivity contribution in [3.05, 3.63) is 29.8 Å². The van der Waals surface area contributed by atoms with E-state index in [0.29, 0.717) is 0 Å². The molecular formula is C15H25NOS. The lowest BCUT2D eigenvalue weighted by molar-refractivity contribution is 0.277. The molecule has 1 aromatic carbocycles. The Labute approximate surface area is 112 Å². The van der Waals surface area contributed by atoms with Crippen LogP contribution >= 0.6 is 0 Å². The number of benzene rings is 1. The van der Waals surface area contributed by atoms with E-state index in [0.717, 1.165) is 11.4 Å². The predicted octanol–water partition coefficient (Wildman–Crippen LogP) is 3.04. The van der Waals surface area contributed by atoms with Crippen LogP contribution in [0.25, 0.3) is 0 Å². The first-order valence-corrected chi connectivity index (χ1v) is 8.62. The first-order valence-electron chi connectivity index (χ1n) is 6.52. The van der Waals surface area contributed by atoms with Crippen LogP contribution in [-0.2, 0) is 10.1 Å². The lowest BCUT2D eigenvalue weighted by atomic mass is 9.82. The molecule has 0 radical (unpaired) electrons. The molecule has 1 heterocycles. The van der Waals surface area contributed by atoms with E-state index in [1.165, 1.54) is 5.56 Å². The first-order chi connectivity index (χ1) is 8.09. The molecule has 2 atom stereocenters.